The Morgan fingerprint density at radius 3 is 2.44 bits per heavy atom. The number of benzene rings is 2. The molecule has 5 aromatic rings. The van der Waals surface area contributed by atoms with Gasteiger partial charge >= 0.3 is 0 Å². The quantitative estimate of drug-likeness (QED) is 0.332. The lowest BCUT2D eigenvalue weighted by molar-refractivity contribution is 0.0744. The van der Waals surface area contributed by atoms with Gasteiger partial charge in [-0.3, -0.25) is 9.36 Å². The fraction of sp³-hybridized carbons (Fsp3) is 0.250. The minimum atomic E-state index is -0.0166. The summed E-state index contributed by atoms with van der Waals surface area (Å²) in [4.78, 5) is 24.9. The molecule has 170 valence electrons. The smallest absolute Gasteiger partial charge is 0.271 e. The van der Waals surface area contributed by atoms with Crippen LogP contribution in [-0.4, -0.2) is 36.5 Å². The van der Waals surface area contributed by atoms with Gasteiger partial charge in [0.2, 0.25) is 5.95 Å². The number of hydrogen-bond donors (Lipinski definition) is 0. The van der Waals surface area contributed by atoms with Crippen molar-refractivity contribution in [2.75, 3.05) is 6.54 Å². The lowest BCUT2D eigenvalue weighted by Gasteiger charge is -2.22. The van der Waals surface area contributed by atoms with E-state index in [0.717, 1.165) is 28.5 Å². The molecule has 0 saturated heterocycles. The van der Waals surface area contributed by atoms with E-state index in [1.54, 1.807) is 18.5 Å². The highest BCUT2D eigenvalue weighted by Gasteiger charge is 2.29. The van der Waals surface area contributed by atoms with E-state index in [1.165, 1.54) is 18.4 Å². The fourth-order valence-electron chi connectivity index (χ4n) is 4.82. The summed E-state index contributed by atoms with van der Waals surface area (Å²) in [6, 6.07) is 22.4. The molecule has 1 amide bonds. The highest BCUT2D eigenvalue weighted by Crippen LogP contribution is 2.38. The summed E-state index contributed by atoms with van der Waals surface area (Å²) in [5.74, 6) is 1.21. The van der Waals surface area contributed by atoms with Crippen molar-refractivity contribution in [2.45, 2.75) is 32.9 Å². The van der Waals surface area contributed by atoms with E-state index in [2.05, 4.69) is 50.9 Å². The number of carbonyl (C=O) groups excluding carboxylic acids is 1. The topological polar surface area (TPSA) is 56.0 Å². The molecule has 34 heavy (non-hydrogen) atoms. The third-order valence-electron chi connectivity index (χ3n) is 6.72. The van der Waals surface area contributed by atoms with Gasteiger partial charge < -0.3 is 9.47 Å². The standard InChI is InChI=1S/C28H27N5O/c1-2-31(18-20-9-4-3-5-10-20)27(34)25-17-24-26(33(25)28-29-15-8-16-30-28)22-11-6-7-12-23(22)32(24)19-21-13-14-21/h3-12,15-17,21H,2,13-14,18-19H2,1H3. The monoisotopic (exact) mass is 449 g/mol. The summed E-state index contributed by atoms with van der Waals surface area (Å²) in [5.41, 5.74) is 4.98. The molecule has 6 nitrogen and oxygen atoms in total. The molecule has 0 atom stereocenters. The Hall–Kier alpha value is -3.93. The Morgan fingerprint density at radius 1 is 0.971 bits per heavy atom. The minimum Gasteiger partial charge on any atom is -0.339 e. The average molecular weight is 450 g/mol. The molecule has 6 rings (SSSR count). The van der Waals surface area contributed by atoms with Gasteiger partial charge in [-0.15, -0.1) is 0 Å². The van der Waals surface area contributed by atoms with E-state index < -0.39 is 0 Å². The van der Waals surface area contributed by atoms with Crippen LogP contribution >= 0.6 is 0 Å². The first kappa shape index (κ1) is 20.7. The van der Waals surface area contributed by atoms with Gasteiger partial charge in [0.25, 0.3) is 5.91 Å². The van der Waals surface area contributed by atoms with Crippen LogP contribution < -0.4 is 0 Å². The van der Waals surface area contributed by atoms with Gasteiger partial charge in [-0.2, -0.15) is 0 Å². The Bertz CT molecular complexity index is 1460. The average Bonchev–Trinajstić information content (AvgIpc) is 3.55. The third-order valence-corrected chi connectivity index (χ3v) is 6.72. The van der Waals surface area contributed by atoms with E-state index in [4.69, 9.17) is 0 Å². The van der Waals surface area contributed by atoms with Crippen LogP contribution in [0.25, 0.3) is 27.9 Å². The molecular formula is C28H27N5O. The van der Waals surface area contributed by atoms with Gasteiger partial charge in [0.15, 0.2) is 0 Å². The maximum atomic E-state index is 14.0. The fourth-order valence-corrected chi connectivity index (χ4v) is 4.82. The van der Waals surface area contributed by atoms with E-state index in [0.29, 0.717) is 30.6 Å². The van der Waals surface area contributed by atoms with E-state index >= 15 is 0 Å². The second kappa shape index (κ2) is 8.45. The predicted molar refractivity (Wildman–Crippen MR) is 134 cm³/mol. The summed E-state index contributed by atoms with van der Waals surface area (Å²) in [6.07, 6.45) is 5.99. The SMILES string of the molecule is CCN(Cc1ccccc1)C(=O)c1cc2c(c3ccccc3n2CC2CC2)n1-c1ncccn1. The molecule has 1 saturated carbocycles. The first-order chi connectivity index (χ1) is 16.7. The lowest BCUT2D eigenvalue weighted by Crippen LogP contribution is -2.32. The molecule has 3 heterocycles. The first-order valence-electron chi connectivity index (χ1n) is 12.0. The molecule has 0 aliphatic heterocycles. The Labute approximate surface area is 198 Å². The summed E-state index contributed by atoms with van der Waals surface area (Å²) in [5, 5.41) is 1.12. The van der Waals surface area contributed by atoms with Crippen molar-refractivity contribution >= 4 is 27.8 Å². The highest BCUT2D eigenvalue weighted by atomic mass is 16.2. The molecule has 0 N–H and O–H groups in total. The minimum absolute atomic E-state index is 0.0166. The molecule has 6 heteroatoms. The van der Waals surface area contributed by atoms with E-state index in [1.807, 2.05) is 40.7 Å². The second-order valence-electron chi connectivity index (χ2n) is 9.02. The molecule has 1 aliphatic rings. The van der Waals surface area contributed by atoms with Crippen molar-refractivity contribution in [1.82, 2.24) is 24.0 Å². The predicted octanol–water partition coefficient (Wildman–Crippen LogP) is 5.45. The maximum Gasteiger partial charge on any atom is 0.271 e. The zero-order valence-corrected chi connectivity index (χ0v) is 19.3. The molecule has 0 unspecified atom stereocenters. The molecule has 0 bridgehead atoms. The molecule has 1 aliphatic carbocycles. The summed E-state index contributed by atoms with van der Waals surface area (Å²) in [7, 11) is 0. The normalized spacial score (nSPS) is 13.6. The van der Waals surface area contributed by atoms with Crippen molar-refractivity contribution in [2.24, 2.45) is 5.92 Å². The molecule has 3 aromatic heterocycles. The van der Waals surface area contributed by atoms with Crippen LogP contribution in [0, 0.1) is 5.92 Å². The van der Waals surface area contributed by atoms with Crippen molar-refractivity contribution in [1.29, 1.82) is 0 Å². The van der Waals surface area contributed by atoms with E-state index in [9.17, 15) is 4.79 Å². The Balaban J connectivity index is 1.55. The van der Waals surface area contributed by atoms with Crippen molar-refractivity contribution in [3.8, 4) is 5.95 Å². The number of para-hydroxylation sites is 1. The van der Waals surface area contributed by atoms with Crippen molar-refractivity contribution in [3.05, 3.63) is 90.4 Å². The van der Waals surface area contributed by atoms with Crippen LogP contribution in [0.5, 0.6) is 0 Å². The zero-order chi connectivity index (χ0) is 23.1. The largest absolute Gasteiger partial charge is 0.339 e. The molecule has 1 fully saturated rings. The van der Waals surface area contributed by atoms with Crippen LogP contribution in [0.1, 0.15) is 35.8 Å². The second-order valence-corrected chi connectivity index (χ2v) is 9.02. The number of nitrogens with zero attached hydrogens (tertiary/aromatic N) is 5. The molecule has 0 spiro atoms. The van der Waals surface area contributed by atoms with E-state index in [-0.39, 0.29) is 5.91 Å². The number of aromatic nitrogens is 4. The first-order valence-corrected chi connectivity index (χ1v) is 12.0. The van der Waals surface area contributed by atoms with Crippen LogP contribution in [0.2, 0.25) is 0 Å². The molecular weight excluding hydrogens is 422 g/mol. The summed E-state index contributed by atoms with van der Waals surface area (Å²) >= 11 is 0. The number of amides is 1. The lowest BCUT2D eigenvalue weighted by atomic mass is 10.2. The number of hydrogen-bond acceptors (Lipinski definition) is 3. The van der Waals surface area contributed by atoms with Crippen LogP contribution in [0.3, 0.4) is 0 Å². The zero-order valence-electron chi connectivity index (χ0n) is 19.3. The highest BCUT2D eigenvalue weighted by molar-refractivity contribution is 6.11. The summed E-state index contributed by atoms with van der Waals surface area (Å²) < 4.78 is 4.34. The van der Waals surface area contributed by atoms with Crippen LogP contribution in [0.15, 0.2) is 79.1 Å². The third kappa shape index (κ3) is 3.55. The number of rotatable bonds is 7. The molecule has 2 aromatic carbocycles. The number of fused-ring (bicyclic) bond motifs is 3. The van der Waals surface area contributed by atoms with Gasteiger partial charge in [-0.05, 0) is 49.4 Å². The van der Waals surface area contributed by atoms with Gasteiger partial charge in [-0.1, -0.05) is 48.5 Å². The Kier molecular flexibility index (Phi) is 5.13. The van der Waals surface area contributed by atoms with Gasteiger partial charge in [0.1, 0.15) is 5.69 Å². The Morgan fingerprint density at radius 2 is 1.71 bits per heavy atom. The van der Waals surface area contributed by atoms with Gasteiger partial charge in [0.05, 0.1) is 16.6 Å². The maximum absolute atomic E-state index is 14.0. The summed E-state index contributed by atoms with van der Waals surface area (Å²) in [6.45, 7) is 4.17. The van der Waals surface area contributed by atoms with Crippen LogP contribution in [-0.2, 0) is 13.1 Å². The van der Waals surface area contributed by atoms with Gasteiger partial charge in [0, 0.05) is 37.4 Å². The molecule has 0 radical (unpaired) electrons. The van der Waals surface area contributed by atoms with Gasteiger partial charge in [-0.25, -0.2) is 9.97 Å². The number of carbonyl (C=O) groups is 1. The van der Waals surface area contributed by atoms with Crippen LogP contribution in [0.4, 0.5) is 0 Å². The van der Waals surface area contributed by atoms with Crippen molar-refractivity contribution < 1.29 is 4.79 Å². The van der Waals surface area contributed by atoms with Crippen molar-refractivity contribution in [3.63, 3.8) is 0 Å².